The molecule has 1 aliphatic rings. The van der Waals surface area contributed by atoms with E-state index >= 15 is 0 Å². The van der Waals surface area contributed by atoms with Crippen LogP contribution in [0.5, 0.6) is 5.75 Å². The molecule has 0 fully saturated rings. The number of carbonyl (C=O) groups excluding carboxylic acids is 1. The first-order chi connectivity index (χ1) is 15.7. The zero-order chi connectivity index (χ0) is 23.9. The molecule has 0 aliphatic carbocycles. The van der Waals surface area contributed by atoms with Crippen LogP contribution in [0.25, 0.3) is 22.3 Å². The summed E-state index contributed by atoms with van der Waals surface area (Å²) in [6.07, 6.45) is 2.71. The molecule has 0 N–H and O–H groups in total. The topological polar surface area (TPSA) is 75.3 Å². The number of pyridine rings is 1. The predicted molar refractivity (Wildman–Crippen MR) is 129 cm³/mol. The number of aromatic nitrogens is 3. The molecule has 7 heteroatoms. The second-order valence-electron chi connectivity index (χ2n) is 9.95. The van der Waals surface area contributed by atoms with E-state index in [9.17, 15) is 9.59 Å². The van der Waals surface area contributed by atoms with E-state index < -0.39 is 5.97 Å². The first kappa shape index (κ1) is 23.1. The van der Waals surface area contributed by atoms with Gasteiger partial charge in [0.05, 0.1) is 37.2 Å². The van der Waals surface area contributed by atoms with Gasteiger partial charge in [-0.2, -0.15) is 5.10 Å². The molecule has 7 nitrogen and oxygen atoms in total. The Morgan fingerprint density at radius 2 is 2.03 bits per heavy atom. The lowest BCUT2D eigenvalue weighted by atomic mass is 9.85. The van der Waals surface area contributed by atoms with Crippen LogP contribution in [0.3, 0.4) is 0 Å². The highest BCUT2D eigenvalue weighted by Crippen LogP contribution is 2.43. The average molecular weight is 452 g/mol. The van der Waals surface area contributed by atoms with Crippen molar-refractivity contribution in [2.45, 2.75) is 60.5 Å². The highest BCUT2D eigenvalue weighted by molar-refractivity contribution is 5.97. The fraction of sp³-hybridized carbons (Fsp3) is 0.500. The van der Waals surface area contributed by atoms with Crippen LogP contribution in [-0.2, 0) is 11.3 Å². The van der Waals surface area contributed by atoms with Crippen molar-refractivity contribution in [3.05, 3.63) is 46.2 Å². The molecule has 176 valence electrons. The minimum atomic E-state index is -0.588. The smallest absolute Gasteiger partial charge is 0.343 e. The summed E-state index contributed by atoms with van der Waals surface area (Å²) >= 11 is 0. The van der Waals surface area contributed by atoms with E-state index in [0.717, 1.165) is 34.5 Å². The summed E-state index contributed by atoms with van der Waals surface area (Å²) in [5.41, 5.74) is 1.98. The minimum Gasteiger partial charge on any atom is -0.491 e. The molecule has 1 unspecified atom stereocenters. The van der Waals surface area contributed by atoms with Crippen LogP contribution in [0, 0.1) is 11.3 Å². The van der Waals surface area contributed by atoms with Gasteiger partial charge >= 0.3 is 5.97 Å². The van der Waals surface area contributed by atoms with Crippen molar-refractivity contribution in [1.82, 2.24) is 14.3 Å². The molecule has 4 rings (SSSR count). The van der Waals surface area contributed by atoms with Crippen LogP contribution in [0.2, 0.25) is 0 Å². The van der Waals surface area contributed by atoms with E-state index in [4.69, 9.17) is 14.6 Å². The van der Waals surface area contributed by atoms with Crippen LogP contribution in [0.1, 0.15) is 64.4 Å². The Labute approximate surface area is 194 Å². The molecule has 2 aromatic heterocycles. The highest BCUT2D eigenvalue weighted by Gasteiger charge is 2.35. The van der Waals surface area contributed by atoms with Gasteiger partial charge in [-0.15, -0.1) is 0 Å². The summed E-state index contributed by atoms with van der Waals surface area (Å²) in [6.45, 7) is 14.0. The van der Waals surface area contributed by atoms with Gasteiger partial charge in [0, 0.05) is 17.6 Å². The third-order valence-electron chi connectivity index (χ3n) is 6.45. The summed E-state index contributed by atoms with van der Waals surface area (Å²) in [7, 11) is 0. The summed E-state index contributed by atoms with van der Waals surface area (Å²) in [5.74, 6) is 0.609. The standard InChI is InChI=1S/C26H33N3O4/c1-7-16(3)15-33-21-11-9-10-17-23(21)27-29-14-22(26(4,5)6)28-13-18(25(31)32-8-2)20(30)12-19(28)24(17)29/h9-13,16,22H,7-8,14-15H2,1-6H3/t16-,22?/m0/s1. The zero-order valence-electron chi connectivity index (χ0n) is 20.3. The van der Waals surface area contributed by atoms with Crippen molar-refractivity contribution in [1.29, 1.82) is 0 Å². The lowest BCUT2D eigenvalue weighted by Gasteiger charge is -2.38. The SMILES string of the molecule is CCOC(=O)c1cn2c(cc1=O)-c1c3cccc(OC[C@@H](C)CC)c3nn1CC2C(C)(C)C. The number of benzene rings is 1. The largest absolute Gasteiger partial charge is 0.491 e. The molecule has 0 saturated carbocycles. The molecule has 0 bridgehead atoms. The fourth-order valence-electron chi connectivity index (χ4n) is 4.30. The van der Waals surface area contributed by atoms with Crippen molar-refractivity contribution in [3.63, 3.8) is 0 Å². The average Bonchev–Trinajstić information content (AvgIpc) is 3.15. The monoisotopic (exact) mass is 451 g/mol. The van der Waals surface area contributed by atoms with Crippen LogP contribution in [0.4, 0.5) is 0 Å². The van der Waals surface area contributed by atoms with E-state index in [1.165, 1.54) is 0 Å². The summed E-state index contributed by atoms with van der Waals surface area (Å²) in [5, 5.41) is 5.85. The maximum atomic E-state index is 12.9. The molecule has 33 heavy (non-hydrogen) atoms. The number of rotatable bonds is 6. The third kappa shape index (κ3) is 4.16. The molecule has 0 amide bonds. The van der Waals surface area contributed by atoms with Gasteiger partial charge in [0.2, 0.25) is 0 Å². The van der Waals surface area contributed by atoms with Crippen molar-refractivity contribution >= 4 is 16.9 Å². The van der Waals surface area contributed by atoms with Gasteiger partial charge in [0.1, 0.15) is 16.8 Å². The number of nitrogens with zero attached hydrogens (tertiary/aromatic N) is 3. The lowest BCUT2D eigenvalue weighted by Crippen LogP contribution is -2.35. The van der Waals surface area contributed by atoms with Gasteiger partial charge in [-0.25, -0.2) is 4.79 Å². The van der Waals surface area contributed by atoms with E-state index in [1.54, 1.807) is 19.2 Å². The number of carbonyl (C=O) groups is 1. The van der Waals surface area contributed by atoms with Crippen LogP contribution in [-0.4, -0.2) is 33.5 Å². The third-order valence-corrected chi connectivity index (χ3v) is 6.45. The summed E-state index contributed by atoms with van der Waals surface area (Å²) in [4.78, 5) is 25.4. The van der Waals surface area contributed by atoms with Crippen molar-refractivity contribution in [2.24, 2.45) is 11.3 Å². The molecular weight excluding hydrogens is 418 g/mol. The van der Waals surface area contributed by atoms with E-state index in [1.807, 2.05) is 22.9 Å². The maximum Gasteiger partial charge on any atom is 0.343 e. The van der Waals surface area contributed by atoms with Crippen LogP contribution < -0.4 is 10.2 Å². The lowest BCUT2D eigenvalue weighted by molar-refractivity contribution is 0.0522. The first-order valence-electron chi connectivity index (χ1n) is 11.7. The van der Waals surface area contributed by atoms with Gasteiger partial charge in [-0.1, -0.05) is 53.2 Å². The van der Waals surface area contributed by atoms with Gasteiger partial charge in [-0.3, -0.25) is 9.48 Å². The molecule has 0 spiro atoms. The summed E-state index contributed by atoms with van der Waals surface area (Å²) in [6, 6.07) is 7.45. The quantitative estimate of drug-likeness (QED) is 0.489. The highest BCUT2D eigenvalue weighted by atomic mass is 16.5. The molecular formula is C26H33N3O4. The maximum absolute atomic E-state index is 12.9. The normalized spacial score (nSPS) is 16.2. The number of hydrogen-bond acceptors (Lipinski definition) is 5. The second kappa shape index (κ2) is 8.69. The van der Waals surface area contributed by atoms with E-state index in [2.05, 4.69) is 39.2 Å². The van der Waals surface area contributed by atoms with Crippen molar-refractivity contribution in [2.75, 3.05) is 13.2 Å². The molecule has 1 aromatic carbocycles. The van der Waals surface area contributed by atoms with Gasteiger partial charge in [0.25, 0.3) is 0 Å². The Bertz CT molecular complexity index is 1250. The molecule has 3 heterocycles. The Morgan fingerprint density at radius 3 is 2.70 bits per heavy atom. The van der Waals surface area contributed by atoms with Crippen LogP contribution >= 0.6 is 0 Å². The van der Waals surface area contributed by atoms with E-state index in [-0.39, 0.29) is 29.1 Å². The second-order valence-corrected chi connectivity index (χ2v) is 9.95. The van der Waals surface area contributed by atoms with Crippen LogP contribution in [0.15, 0.2) is 35.3 Å². The Hall–Kier alpha value is -3.09. The van der Waals surface area contributed by atoms with Gasteiger partial charge in [-0.05, 0) is 24.3 Å². The fourth-order valence-corrected chi connectivity index (χ4v) is 4.30. The Kier molecular flexibility index (Phi) is 6.08. The summed E-state index contributed by atoms with van der Waals surface area (Å²) < 4.78 is 15.3. The number of ether oxygens (including phenoxy) is 2. The molecule has 2 atom stereocenters. The van der Waals surface area contributed by atoms with Gasteiger partial charge in [0.15, 0.2) is 5.43 Å². The number of fused-ring (bicyclic) bond motifs is 5. The van der Waals surface area contributed by atoms with Crippen molar-refractivity contribution in [3.8, 4) is 17.1 Å². The Balaban J connectivity index is 1.91. The zero-order valence-corrected chi connectivity index (χ0v) is 20.3. The minimum absolute atomic E-state index is 0.00688. The van der Waals surface area contributed by atoms with E-state index in [0.29, 0.717) is 19.1 Å². The Morgan fingerprint density at radius 1 is 1.27 bits per heavy atom. The first-order valence-corrected chi connectivity index (χ1v) is 11.7. The number of esters is 1. The molecule has 1 aliphatic heterocycles. The molecule has 3 aromatic rings. The van der Waals surface area contributed by atoms with Gasteiger partial charge < -0.3 is 14.0 Å². The number of hydrogen-bond donors (Lipinski definition) is 0. The predicted octanol–water partition coefficient (Wildman–Crippen LogP) is 5.07. The van der Waals surface area contributed by atoms with Crippen molar-refractivity contribution < 1.29 is 14.3 Å². The molecule has 0 saturated heterocycles. The molecule has 0 radical (unpaired) electrons.